The molecule has 27 heavy (non-hydrogen) atoms. The zero-order valence-corrected chi connectivity index (χ0v) is 16.3. The molecule has 8 nitrogen and oxygen atoms in total. The molecule has 0 spiro atoms. The molecule has 0 aliphatic rings. The van der Waals surface area contributed by atoms with E-state index < -0.39 is 11.3 Å². The Morgan fingerprint density at radius 3 is 2.59 bits per heavy atom. The second-order valence-corrected chi connectivity index (χ2v) is 7.70. The fourth-order valence-corrected chi connectivity index (χ4v) is 3.62. The molecule has 2 heterocycles. The lowest BCUT2D eigenvalue weighted by Gasteiger charge is -2.18. The minimum atomic E-state index is -2.35. The quantitative estimate of drug-likeness (QED) is 0.520. The lowest BCUT2D eigenvalue weighted by molar-refractivity contribution is 0.542. The van der Waals surface area contributed by atoms with Crippen LogP contribution in [-0.4, -0.2) is 23.7 Å². The fourth-order valence-electron chi connectivity index (χ4n) is 2.62. The van der Waals surface area contributed by atoms with Crippen molar-refractivity contribution in [2.45, 2.75) is 26.3 Å². The summed E-state index contributed by atoms with van der Waals surface area (Å²) in [6.45, 7) is 3.69. The summed E-state index contributed by atoms with van der Waals surface area (Å²) in [5.74, 6) is 0.385. The molecule has 1 unspecified atom stereocenters. The van der Waals surface area contributed by atoms with Crippen LogP contribution >= 0.6 is 11.3 Å². The van der Waals surface area contributed by atoms with E-state index in [0.717, 1.165) is 16.3 Å². The maximum absolute atomic E-state index is 11.7. The lowest BCUT2D eigenvalue weighted by atomic mass is 10.0. The Kier molecular flexibility index (Phi) is 5.99. The Labute approximate surface area is 162 Å². The molecular weight excluding hydrogens is 386 g/mol. The van der Waals surface area contributed by atoms with Crippen molar-refractivity contribution in [2.24, 2.45) is 0 Å². The summed E-state index contributed by atoms with van der Waals surface area (Å²) in [5.41, 5.74) is 2.72. The van der Waals surface area contributed by atoms with Crippen LogP contribution < -0.4 is 15.6 Å². The second-order valence-electron chi connectivity index (χ2n) is 5.96. The molecule has 0 aliphatic heterocycles. The molecule has 2 atom stereocenters. The molecule has 2 aromatic heterocycles. The number of nitrogens with one attached hydrogen (secondary N) is 3. The van der Waals surface area contributed by atoms with Crippen LogP contribution in [0.3, 0.4) is 0 Å². The Bertz CT molecular complexity index is 1000. The van der Waals surface area contributed by atoms with Crippen LogP contribution in [0.4, 0.5) is 11.6 Å². The summed E-state index contributed by atoms with van der Waals surface area (Å²) in [5, 5.41) is 6.16. The third-order valence-corrected chi connectivity index (χ3v) is 4.96. The number of nitrogens with zero attached hydrogens (tertiary/aromatic N) is 2. The van der Waals surface area contributed by atoms with E-state index in [4.69, 9.17) is 0 Å². The third-order valence-electron chi connectivity index (χ3n) is 3.77. The van der Waals surface area contributed by atoms with Gasteiger partial charge in [-0.2, -0.15) is 0 Å². The number of aromatic nitrogens is 3. The molecule has 3 aromatic rings. The van der Waals surface area contributed by atoms with Crippen molar-refractivity contribution >= 4 is 34.2 Å². The van der Waals surface area contributed by atoms with Crippen molar-refractivity contribution < 1.29 is 8.76 Å². The van der Waals surface area contributed by atoms with Crippen LogP contribution in [0.1, 0.15) is 28.0 Å². The number of rotatable bonds is 7. The zero-order valence-electron chi connectivity index (χ0n) is 14.7. The maximum Gasteiger partial charge on any atom is 0.252 e. The van der Waals surface area contributed by atoms with E-state index in [2.05, 4.69) is 25.0 Å². The van der Waals surface area contributed by atoms with Gasteiger partial charge in [0.1, 0.15) is 0 Å². The molecule has 0 saturated carbocycles. The van der Waals surface area contributed by atoms with E-state index in [-0.39, 0.29) is 11.6 Å². The van der Waals surface area contributed by atoms with Gasteiger partial charge >= 0.3 is 0 Å². The molecule has 3 N–H and O–H groups in total. The van der Waals surface area contributed by atoms with Crippen molar-refractivity contribution in [2.75, 3.05) is 10.0 Å². The highest BCUT2D eigenvalue weighted by Crippen LogP contribution is 2.24. The van der Waals surface area contributed by atoms with Crippen LogP contribution in [0, 0.1) is 13.8 Å². The Morgan fingerprint density at radius 1 is 1.26 bits per heavy atom. The Hall–Kier alpha value is -2.56. The monoisotopic (exact) mass is 404 g/mol. The normalized spacial score (nSPS) is 13.1. The first-order valence-electron chi connectivity index (χ1n) is 8.10. The highest BCUT2D eigenvalue weighted by atomic mass is 32.2. The van der Waals surface area contributed by atoms with Crippen molar-refractivity contribution in [3.8, 4) is 0 Å². The van der Waals surface area contributed by atoms with Gasteiger partial charge in [-0.1, -0.05) is 12.1 Å². The van der Waals surface area contributed by atoms with Gasteiger partial charge < -0.3 is 14.6 Å². The van der Waals surface area contributed by atoms with Gasteiger partial charge in [0.25, 0.3) is 5.56 Å². The smallest absolute Gasteiger partial charge is 0.252 e. The standard InChI is InChI=1S/C17H19N5O3S2/c1-10-7-16(23)21-17(18-10)20-14(15-9-26-11(2)19-15)8-12-3-5-13(6-4-12)22-27(24)25/h3-7,9,14,22H,8H2,1-2H3,(H,24,25)(H2,18,20,21,23)/p-1/t14-/m0/s1. The van der Waals surface area contributed by atoms with Gasteiger partial charge in [0.15, 0.2) is 0 Å². The van der Waals surface area contributed by atoms with Gasteiger partial charge in [0, 0.05) is 34.1 Å². The molecule has 0 bridgehead atoms. The molecule has 10 heteroatoms. The molecule has 142 valence electrons. The average molecular weight is 404 g/mol. The molecule has 1 aromatic carbocycles. The maximum atomic E-state index is 11.7. The van der Waals surface area contributed by atoms with E-state index in [0.29, 0.717) is 23.8 Å². The fraction of sp³-hybridized carbons (Fsp3) is 0.235. The molecule has 3 rings (SSSR count). The van der Waals surface area contributed by atoms with Crippen molar-refractivity contribution in [1.82, 2.24) is 15.0 Å². The van der Waals surface area contributed by atoms with Gasteiger partial charge in [-0.25, -0.2) is 9.97 Å². The predicted octanol–water partition coefficient (Wildman–Crippen LogP) is 2.45. The van der Waals surface area contributed by atoms with Gasteiger partial charge in [0.2, 0.25) is 5.95 Å². The van der Waals surface area contributed by atoms with E-state index in [1.54, 1.807) is 30.4 Å². The lowest BCUT2D eigenvalue weighted by Crippen LogP contribution is -2.19. The molecular formula is C17H18N5O3S2-. The van der Waals surface area contributed by atoms with Crippen molar-refractivity contribution in [3.05, 3.63) is 68.0 Å². The van der Waals surface area contributed by atoms with Crippen molar-refractivity contribution in [1.29, 1.82) is 0 Å². The van der Waals surface area contributed by atoms with Crippen LogP contribution in [0.2, 0.25) is 0 Å². The van der Waals surface area contributed by atoms with Gasteiger partial charge in [0.05, 0.1) is 16.7 Å². The number of H-pyrrole nitrogens is 1. The minimum absolute atomic E-state index is 0.202. The number of aryl methyl sites for hydroxylation is 2. The highest BCUT2D eigenvalue weighted by molar-refractivity contribution is 7.80. The molecule has 0 fully saturated rings. The summed E-state index contributed by atoms with van der Waals surface area (Å²) in [6.07, 6.45) is 0.585. The summed E-state index contributed by atoms with van der Waals surface area (Å²) in [6, 6.07) is 8.30. The SMILES string of the molecule is Cc1cc(=O)[nH]c(N[C@@H](Cc2ccc(NS(=O)[O-])cc2)c2csc(C)n2)n1. The van der Waals surface area contributed by atoms with E-state index in [1.165, 1.54) is 6.07 Å². The van der Waals surface area contributed by atoms with E-state index in [1.807, 2.05) is 24.4 Å². The topological polar surface area (TPSA) is 123 Å². The molecule has 0 amide bonds. The molecule has 0 saturated heterocycles. The Balaban J connectivity index is 1.84. The van der Waals surface area contributed by atoms with E-state index >= 15 is 0 Å². The number of hydrogen-bond donors (Lipinski definition) is 3. The highest BCUT2D eigenvalue weighted by Gasteiger charge is 2.17. The number of aromatic amines is 1. The first-order valence-corrected chi connectivity index (χ1v) is 10.1. The Morgan fingerprint density at radius 2 is 2.00 bits per heavy atom. The van der Waals surface area contributed by atoms with Crippen LogP contribution in [-0.2, 0) is 17.7 Å². The third kappa shape index (κ3) is 5.46. The van der Waals surface area contributed by atoms with Crippen LogP contribution in [0.15, 0.2) is 40.5 Å². The summed E-state index contributed by atoms with van der Waals surface area (Å²) >= 11 is -0.807. The summed E-state index contributed by atoms with van der Waals surface area (Å²) in [4.78, 5) is 23.3. The second kappa shape index (κ2) is 8.42. The number of anilines is 2. The summed E-state index contributed by atoms with van der Waals surface area (Å²) in [7, 11) is 0. The largest absolute Gasteiger partial charge is 0.755 e. The number of hydrogen-bond acceptors (Lipinski definition) is 7. The van der Waals surface area contributed by atoms with E-state index in [9.17, 15) is 13.6 Å². The van der Waals surface area contributed by atoms with Gasteiger partial charge in [-0.05, 0) is 38.0 Å². The predicted molar refractivity (Wildman–Crippen MR) is 105 cm³/mol. The average Bonchev–Trinajstić information content (AvgIpc) is 3.01. The minimum Gasteiger partial charge on any atom is -0.755 e. The van der Waals surface area contributed by atoms with Gasteiger partial charge in [-0.3, -0.25) is 14.0 Å². The number of benzene rings is 1. The molecule has 0 radical (unpaired) electrons. The first-order chi connectivity index (χ1) is 12.9. The number of thiazole rings is 1. The zero-order chi connectivity index (χ0) is 19.4. The van der Waals surface area contributed by atoms with Crippen LogP contribution in [0.25, 0.3) is 0 Å². The van der Waals surface area contributed by atoms with Gasteiger partial charge in [-0.15, -0.1) is 11.3 Å². The van der Waals surface area contributed by atoms with Crippen molar-refractivity contribution in [3.63, 3.8) is 0 Å². The molecule has 0 aliphatic carbocycles. The van der Waals surface area contributed by atoms with Crippen LogP contribution in [0.5, 0.6) is 0 Å². The first kappa shape index (κ1) is 19.2. The summed E-state index contributed by atoms with van der Waals surface area (Å²) < 4.78 is 23.7.